The molecule has 0 amide bonds. The first-order chi connectivity index (χ1) is 13.5. The number of hydrogen-bond acceptors (Lipinski definition) is 5. The molecule has 1 saturated carbocycles. The van der Waals surface area contributed by atoms with E-state index in [1.807, 2.05) is 0 Å². The molecular formula is C18H18FN5O3S. The quantitative estimate of drug-likeness (QED) is 0.674. The van der Waals surface area contributed by atoms with Crippen molar-refractivity contribution in [2.45, 2.75) is 38.4 Å². The minimum absolute atomic E-state index is 0.00798. The minimum atomic E-state index is -1.32. The average Bonchev–Trinajstić information content (AvgIpc) is 3.27. The van der Waals surface area contributed by atoms with Gasteiger partial charge in [0.05, 0.1) is 12.1 Å². The number of carboxylic acid groups (broad SMARTS) is 1. The fourth-order valence-corrected chi connectivity index (χ4v) is 4.22. The maximum atomic E-state index is 14.8. The Balaban J connectivity index is 1.84. The van der Waals surface area contributed by atoms with Gasteiger partial charge in [-0.3, -0.25) is 9.69 Å². The van der Waals surface area contributed by atoms with Crippen LogP contribution in [-0.2, 0) is 6.67 Å². The summed E-state index contributed by atoms with van der Waals surface area (Å²) in [6, 6.07) is 1.15. The number of halogens is 1. The van der Waals surface area contributed by atoms with Crippen molar-refractivity contribution in [1.82, 2.24) is 23.6 Å². The van der Waals surface area contributed by atoms with Crippen LogP contribution in [0.25, 0.3) is 16.7 Å². The summed E-state index contributed by atoms with van der Waals surface area (Å²) < 4.78 is 19.9. The highest BCUT2D eigenvalue weighted by Gasteiger charge is 2.29. The minimum Gasteiger partial charge on any atom is -0.477 e. The van der Waals surface area contributed by atoms with Crippen molar-refractivity contribution in [3.63, 3.8) is 0 Å². The molecule has 1 aliphatic heterocycles. The smallest absolute Gasteiger partial charge is 0.341 e. The molecule has 4 heterocycles. The van der Waals surface area contributed by atoms with Crippen LogP contribution in [0.1, 0.15) is 42.1 Å². The van der Waals surface area contributed by atoms with Gasteiger partial charge in [0.1, 0.15) is 11.2 Å². The summed E-state index contributed by atoms with van der Waals surface area (Å²) in [5.41, 5.74) is -0.622. The lowest BCUT2D eigenvalue weighted by Gasteiger charge is -2.14. The second kappa shape index (κ2) is 6.21. The maximum Gasteiger partial charge on any atom is 0.341 e. The van der Waals surface area contributed by atoms with Crippen LogP contribution in [0.2, 0.25) is 0 Å². The van der Waals surface area contributed by atoms with E-state index >= 15 is 0 Å². The summed E-state index contributed by atoms with van der Waals surface area (Å²) in [5.74, 6) is -2.02. The SMILES string of the molecule is O=C(O)c1cn(C2CC2)c2c(cc(F)c3nn(CN4CCCC4)c(=S)n32)c1=O. The summed E-state index contributed by atoms with van der Waals surface area (Å²) >= 11 is 5.58. The number of carbonyl (C=O) groups is 1. The molecule has 0 radical (unpaired) electrons. The fraction of sp³-hybridized carbons (Fsp3) is 0.444. The van der Waals surface area contributed by atoms with Crippen molar-refractivity contribution >= 4 is 34.9 Å². The molecule has 3 aromatic heterocycles. The van der Waals surface area contributed by atoms with Gasteiger partial charge in [0.25, 0.3) is 0 Å². The molecule has 0 bridgehead atoms. The van der Waals surface area contributed by atoms with Gasteiger partial charge < -0.3 is 9.67 Å². The second-order valence-electron chi connectivity index (χ2n) is 7.45. The monoisotopic (exact) mass is 403 g/mol. The van der Waals surface area contributed by atoms with Gasteiger partial charge in [-0.2, -0.15) is 0 Å². The Labute approximate surface area is 163 Å². The zero-order chi connectivity index (χ0) is 19.6. The van der Waals surface area contributed by atoms with Gasteiger partial charge >= 0.3 is 5.97 Å². The van der Waals surface area contributed by atoms with Crippen LogP contribution in [0.15, 0.2) is 17.1 Å². The molecule has 0 aromatic carbocycles. The van der Waals surface area contributed by atoms with Gasteiger partial charge in [-0.25, -0.2) is 18.3 Å². The summed E-state index contributed by atoms with van der Waals surface area (Å²) in [6.45, 7) is 2.34. The number of nitrogens with zero attached hydrogens (tertiary/aromatic N) is 5. The standard InChI is InChI=1S/C18H18FN5O3S/c19-13-7-11-14(25)12(17(26)27)8-22(10-3-4-10)16(11)24-15(13)20-23(18(24)28)9-21-5-1-2-6-21/h7-8,10H,1-6,9H2,(H,26,27). The topological polar surface area (TPSA) is 84.8 Å². The molecule has 8 nitrogen and oxygen atoms in total. The Morgan fingerprint density at radius 2 is 2.04 bits per heavy atom. The first-order valence-electron chi connectivity index (χ1n) is 9.28. The third-order valence-corrected chi connectivity index (χ3v) is 5.88. The molecule has 2 fully saturated rings. The van der Waals surface area contributed by atoms with Crippen LogP contribution in [-0.4, -0.2) is 47.8 Å². The normalized spacial score (nSPS) is 17.8. The number of aromatic carboxylic acids is 1. The number of rotatable bonds is 4. The third-order valence-electron chi connectivity index (χ3n) is 5.48. The van der Waals surface area contributed by atoms with Crippen LogP contribution in [0.5, 0.6) is 0 Å². The summed E-state index contributed by atoms with van der Waals surface area (Å²) in [6.07, 6.45) is 5.30. The van der Waals surface area contributed by atoms with E-state index in [4.69, 9.17) is 12.2 Å². The van der Waals surface area contributed by atoms with E-state index in [1.165, 1.54) is 10.6 Å². The zero-order valence-electron chi connectivity index (χ0n) is 15.0. The predicted octanol–water partition coefficient (Wildman–Crippen LogP) is 2.41. The lowest BCUT2D eigenvalue weighted by molar-refractivity contribution is 0.0695. The Morgan fingerprint density at radius 1 is 1.32 bits per heavy atom. The molecule has 0 unspecified atom stereocenters. The van der Waals surface area contributed by atoms with Gasteiger partial charge in [0.15, 0.2) is 11.5 Å². The van der Waals surface area contributed by atoms with Crippen molar-refractivity contribution in [1.29, 1.82) is 0 Å². The molecule has 28 heavy (non-hydrogen) atoms. The van der Waals surface area contributed by atoms with E-state index in [9.17, 15) is 19.1 Å². The molecule has 3 aromatic rings. The molecule has 2 aliphatic rings. The molecular weight excluding hydrogens is 385 g/mol. The van der Waals surface area contributed by atoms with E-state index in [1.54, 1.807) is 9.25 Å². The van der Waals surface area contributed by atoms with Crippen LogP contribution in [0, 0.1) is 10.6 Å². The highest BCUT2D eigenvalue weighted by molar-refractivity contribution is 7.71. The van der Waals surface area contributed by atoms with Crippen LogP contribution >= 0.6 is 12.2 Å². The van der Waals surface area contributed by atoms with Crippen molar-refractivity contribution in [3.8, 4) is 0 Å². The van der Waals surface area contributed by atoms with Gasteiger partial charge in [0, 0.05) is 12.2 Å². The van der Waals surface area contributed by atoms with E-state index < -0.39 is 17.2 Å². The lowest BCUT2D eigenvalue weighted by atomic mass is 10.2. The second-order valence-corrected chi connectivity index (χ2v) is 7.82. The summed E-state index contributed by atoms with van der Waals surface area (Å²) in [5, 5.41) is 13.8. The number of likely N-dealkylation sites (tertiary alicyclic amines) is 1. The van der Waals surface area contributed by atoms with Gasteiger partial charge in [0.2, 0.25) is 10.2 Å². The molecule has 0 atom stereocenters. The summed E-state index contributed by atoms with van der Waals surface area (Å²) in [7, 11) is 0. The molecule has 5 rings (SSSR count). The number of hydrogen-bond donors (Lipinski definition) is 1. The number of carboxylic acids is 1. The third kappa shape index (κ3) is 2.59. The van der Waals surface area contributed by atoms with Crippen molar-refractivity contribution < 1.29 is 14.3 Å². The Morgan fingerprint density at radius 3 is 2.68 bits per heavy atom. The van der Waals surface area contributed by atoms with E-state index in [0.717, 1.165) is 44.8 Å². The predicted molar refractivity (Wildman–Crippen MR) is 102 cm³/mol. The Kier molecular flexibility index (Phi) is 3.88. The number of aromatic nitrogens is 4. The lowest BCUT2D eigenvalue weighted by Crippen LogP contribution is -2.23. The van der Waals surface area contributed by atoms with E-state index in [-0.39, 0.29) is 22.6 Å². The Bertz CT molecular complexity index is 1250. The molecule has 1 aliphatic carbocycles. The van der Waals surface area contributed by atoms with Crippen molar-refractivity contribution in [3.05, 3.63) is 38.6 Å². The molecule has 0 spiro atoms. The van der Waals surface area contributed by atoms with Gasteiger partial charge in [-0.1, -0.05) is 0 Å². The van der Waals surface area contributed by atoms with Crippen LogP contribution in [0.4, 0.5) is 4.39 Å². The van der Waals surface area contributed by atoms with E-state index in [2.05, 4.69) is 10.00 Å². The van der Waals surface area contributed by atoms with Crippen molar-refractivity contribution in [2.24, 2.45) is 0 Å². The fourth-order valence-electron chi connectivity index (χ4n) is 3.94. The largest absolute Gasteiger partial charge is 0.477 e. The van der Waals surface area contributed by atoms with Gasteiger partial charge in [-0.15, -0.1) is 5.10 Å². The van der Waals surface area contributed by atoms with Gasteiger partial charge in [-0.05, 0) is 57.1 Å². The van der Waals surface area contributed by atoms with Crippen molar-refractivity contribution in [2.75, 3.05) is 13.1 Å². The van der Waals surface area contributed by atoms with Crippen LogP contribution in [0.3, 0.4) is 0 Å². The summed E-state index contributed by atoms with van der Waals surface area (Å²) in [4.78, 5) is 26.4. The first kappa shape index (κ1) is 17.5. The highest BCUT2D eigenvalue weighted by Crippen LogP contribution is 2.37. The molecule has 1 N–H and O–H groups in total. The highest BCUT2D eigenvalue weighted by atomic mass is 32.1. The molecule has 146 valence electrons. The average molecular weight is 403 g/mol. The Hall–Kier alpha value is -2.59. The first-order valence-corrected chi connectivity index (χ1v) is 9.69. The number of pyridine rings is 2. The number of fused-ring (bicyclic) bond motifs is 3. The van der Waals surface area contributed by atoms with E-state index in [0.29, 0.717) is 17.1 Å². The zero-order valence-corrected chi connectivity index (χ0v) is 15.8. The maximum absolute atomic E-state index is 14.8. The van der Waals surface area contributed by atoms with Crippen LogP contribution < -0.4 is 5.43 Å². The molecule has 10 heteroatoms. The molecule has 1 saturated heterocycles.